The highest BCUT2D eigenvalue weighted by Gasteiger charge is 2.08. The fraction of sp³-hybridized carbons (Fsp3) is 0.353. The van der Waals surface area contributed by atoms with E-state index in [1.54, 1.807) is 0 Å². The Kier molecular flexibility index (Phi) is 6.62. The van der Waals surface area contributed by atoms with Gasteiger partial charge in [0.25, 0.3) is 0 Å². The Labute approximate surface area is 132 Å². The zero-order valence-corrected chi connectivity index (χ0v) is 15.0. The molecule has 1 aromatic rings. The van der Waals surface area contributed by atoms with Gasteiger partial charge >= 0.3 is 5.97 Å². The fourth-order valence-corrected chi connectivity index (χ4v) is 2.33. The molecule has 0 atom stereocenters. The van der Waals surface area contributed by atoms with E-state index < -0.39 is 8.07 Å². The first-order valence-electron chi connectivity index (χ1n) is 6.83. The smallest absolute Gasteiger partial charge is 0.315 e. The van der Waals surface area contributed by atoms with Crippen molar-refractivity contribution >= 4 is 26.1 Å². The molecule has 21 heavy (non-hydrogen) atoms. The van der Waals surface area contributed by atoms with Crippen LogP contribution in [0.1, 0.15) is 30.5 Å². The summed E-state index contributed by atoms with van der Waals surface area (Å²) in [5, 5.41) is 2.75. The van der Waals surface area contributed by atoms with E-state index in [0.29, 0.717) is 0 Å². The van der Waals surface area contributed by atoms with Gasteiger partial charge in [0.05, 0.1) is 0 Å². The van der Waals surface area contributed by atoms with Gasteiger partial charge in [-0.1, -0.05) is 38.4 Å². The normalized spacial score (nSPS) is 9.95. The average Bonchev–Trinajstić information content (AvgIpc) is 2.40. The molecule has 0 aliphatic carbocycles. The van der Waals surface area contributed by atoms with E-state index in [9.17, 15) is 4.79 Å². The predicted molar refractivity (Wildman–Crippen MR) is 92.3 cm³/mol. The quantitative estimate of drug-likeness (QED) is 0.469. The lowest BCUT2D eigenvalue weighted by atomic mass is 10.0. The summed E-state index contributed by atoms with van der Waals surface area (Å²) in [5.41, 5.74) is 6.58. The van der Waals surface area contributed by atoms with E-state index in [2.05, 4.69) is 55.3 Å². The van der Waals surface area contributed by atoms with E-state index in [-0.39, 0.29) is 5.97 Å². The molecule has 0 unspecified atom stereocenters. The first-order chi connectivity index (χ1) is 9.81. The van der Waals surface area contributed by atoms with Gasteiger partial charge < -0.3 is 4.18 Å². The molecule has 0 aliphatic heterocycles. The molecule has 4 heteroatoms. The maximum atomic E-state index is 10.6. The van der Waals surface area contributed by atoms with Crippen molar-refractivity contribution in [3.8, 4) is 22.6 Å². The number of rotatable bonds is 2. The second-order valence-corrected chi connectivity index (χ2v) is 10.9. The zero-order valence-electron chi connectivity index (χ0n) is 13.2. The Morgan fingerprint density at radius 1 is 1.29 bits per heavy atom. The first kappa shape index (κ1) is 17.4. The standard InChI is InChI=1S/C17H20O2SSi/c1-6-16-13-15(9-11-20-19-14(2)18)7-8-17(16)10-12-21(3,4)5/h7-8,13H,6H2,1-5H3. The molecule has 110 valence electrons. The Balaban J connectivity index is 2.93. The molecule has 0 bridgehead atoms. The predicted octanol–water partition coefficient (Wildman–Crippen LogP) is 4.00. The van der Waals surface area contributed by atoms with Crippen LogP contribution in [-0.2, 0) is 15.4 Å². The Bertz CT molecular complexity index is 637. The van der Waals surface area contributed by atoms with Crippen molar-refractivity contribution < 1.29 is 8.98 Å². The van der Waals surface area contributed by atoms with Gasteiger partial charge in [0.1, 0.15) is 20.1 Å². The topological polar surface area (TPSA) is 26.3 Å². The number of carbonyl (C=O) groups is 1. The summed E-state index contributed by atoms with van der Waals surface area (Å²) >= 11 is 0.854. The lowest BCUT2D eigenvalue weighted by Crippen LogP contribution is -2.16. The minimum atomic E-state index is -1.37. The van der Waals surface area contributed by atoms with E-state index in [0.717, 1.165) is 29.6 Å². The van der Waals surface area contributed by atoms with Crippen LogP contribution < -0.4 is 0 Å². The van der Waals surface area contributed by atoms with Crippen LogP contribution in [0.25, 0.3) is 0 Å². The van der Waals surface area contributed by atoms with Crippen molar-refractivity contribution in [1.82, 2.24) is 0 Å². The van der Waals surface area contributed by atoms with Gasteiger partial charge in [0, 0.05) is 23.3 Å². The monoisotopic (exact) mass is 316 g/mol. The Hall–Kier alpha value is -1.62. The maximum absolute atomic E-state index is 10.6. The van der Waals surface area contributed by atoms with Crippen molar-refractivity contribution in [2.24, 2.45) is 0 Å². The van der Waals surface area contributed by atoms with Gasteiger partial charge in [-0.2, -0.15) is 0 Å². The molecule has 0 fully saturated rings. The summed E-state index contributed by atoms with van der Waals surface area (Å²) in [6.07, 6.45) is 0.919. The molecule has 0 saturated carbocycles. The molecule has 0 saturated heterocycles. The zero-order chi connectivity index (χ0) is 15.9. The molecule has 0 amide bonds. The second-order valence-electron chi connectivity index (χ2n) is 5.61. The first-order valence-corrected chi connectivity index (χ1v) is 11.1. The van der Waals surface area contributed by atoms with Gasteiger partial charge in [-0.3, -0.25) is 4.79 Å². The molecule has 0 N–H and O–H groups in total. The number of hydrogen-bond donors (Lipinski definition) is 0. The van der Waals surface area contributed by atoms with Crippen LogP contribution in [0.3, 0.4) is 0 Å². The van der Waals surface area contributed by atoms with Crippen LogP contribution in [-0.4, -0.2) is 14.0 Å². The Morgan fingerprint density at radius 3 is 2.57 bits per heavy atom. The van der Waals surface area contributed by atoms with Gasteiger partial charge in [-0.15, -0.1) is 5.54 Å². The highest BCUT2D eigenvalue weighted by molar-refractivity contribution is 7.99. The van der Waals surface area contributed by atoms with Gasteiger partial charge in [-0.05, 0) is 30.2 Å². The number of benzene rings is 1. The van der Waals surface area contributed by atoms with E-state index in [4.69, 9.17) is 4.18 Å². The molecular formula is C17H20O2SSi. The summed E-state index contributed by atoms with van der Waals surface area (Å²) in [4.78, 5) is 10.6. The van der Waals surface area contributed by atoms with Gasteiger partial charge in [-0.25, -0.2) is 0 Å². The second kappa shape index (κ2) is 7.98. The van der Waals surface area contributed by atoms with Crippen molar-refractivity contribution in [1.29, 1.82) is 0 Å². The van der Waals surface area contributed by atoms with E-state index in [1.807, 2.05) is 12.1 Å². The summed E-state index contributed by atoms with van der Waals surface area (Å²) in [6, 6.07) is 6.02. The molecule has 0 heterocycles. The third-order valence-corrected chi connectivity index (χ3v) is 3.83. The highest BCUT2D eigenvalue weighted by Crippen LogP contribution is 2.13. The molecule has 0 aliphatic rings. The van der Waals surface area contributed by atoms with Crippen molar-refractivity contribution in [3.63, 3.8) is 0 Å². The molecule has 0 aromatic heterocycles. The van der Waals surface area contributed by atoms with Crippen LogP contribution in [0.2, 0.25) is 19.6 Å². The third kappa shape index (κ3) is 7.08. The fourth-order valence-electron chi connectivity index (χ4n) is 1.50. The van der Waals surface area contributed by atoms with Crippen LogP contribution >= 0.6 is 12.0 Å². The van der Waals surface area contributed by atoms with E-state index in [1.165, 1.54) is 12.5 Å². The van der Waals surface area contributed by atoms with Crippen molar-refractivity contribution in [2.75, 3.05) is 0 Å². The van der Waals surface area contributed by atoms with Crippen LogP contribution in [0.15, 0.2) is 18.2 Å². The molecular weight excluding hydrogens is 296 g/mol. The summed E-state index contributed by atoms with van der Waals surface area (Å²) in [5.74, 6) is 5.93. The maximum Gasteiger partial charge on any atom is 0.315 e. The van der Waals surface area contributed by atoms with Crippen LogP contribution in [0, 0.1) is 22.6 Å². The highest BCUT2D eigenvalue weighted by atomic mass is 32.2. The molecule has 0 spiro atoms. The number of aryl methyl sites for hydroxylation is 1. The number of carbonyl (C=O) groups excluding carboxylic acids is 1. The largest absolute Gasteiger partial charge is 0.378 e. The van der Waals surface area contributed by atoms with E-state index >= 15 is 0 Å². The number of hydrogen-bond acceptors (Lipinski definition) is 3. The Morgan fingerprint density at radius 2 is 2.00 bits per heavy atom. The summed E-state index contributed by atoms with van der Waals surface area (Å²) < 4.78 is 4.71. The van der Waals surface area contributed by atoms with Gasteiger partial charge in [0.15, 0.2) is 0 Å². The SMILES string of the molecule is CCc1cc(C#CSOC(C)=O)ccc1C#C[Si](C)(C)C. The minimum Gasteiger partial charge on any atom is -0.378 e. The van der Waals surface area contributed by atoms with Crippen molar-refractivity contribution in [2.45, 2.75) is 39.9 Å². The molecule has 2 nitrogen and oxygen atoms in total. The molecule has 1 rings (SSSR count). The van der Waals surface area contributed by atoms with Gasteiger partial charge in [0.2, 0.25) is 0 Å². The summed E-state index contributed by atoms with van der Waals surface area (Å²) in [7, 11) is -1.37. The summed E-state index contributed by atoms with van der Waals surface area (Å²) in [6.45, 7) is 10.2. The lowest BCUT2D eigenvalue weighted by Gasteiger charge is -2.06. The van der Waals surface area contributed by atoms with Crippen LogP contribution in [0.5, 0.6) is 0 Å². The third-order valence-electron chi connectivity index (χ3n) is 2.45. The molecule has 0 radical (unpaired) electrons. The van der Waals surface area contributed by atoms with Crippen LogP contribution in [0.4, 0.5) is 0 Å². The lowest BCUT2D eigenvalue weighted by molar-refractivity contribution is -0.130. The van der Waals surface area contributed by atoms with Crippen molar-refractivity contribution in [3.05, 3.63) is 34.9 Å². The molecule has 1 aromatic carbocycles. The minimum absolute atomic E-state index is 0.347. The average molecular weight is 316 g/mol.